The molecule has 2 rings (SSSR count). The van der Waals surface area contributed by atoms with Gasteiger partial charge in [-0.3, -0.25) is 14.9 Å². The lowest BCUT2D eigenvalue weighted by molar-refractivity contribution is -0.153. The molecule has 3 atom stereocenters. The van der Waals surface area contributed by atoms with Gasteiger partial charge >= 0.3 is 11.9 Å². The number of nitrogens with zero attached hydrogens (tertiary/aromatic N) is 1. The van der Waals surface area contributed by atoms with Gasteiger partial charge in [-0.15, -0.1) is 23.5 Å². The highest BCUT2D eigenvalue weighted by Crippen LogP contribution is 2.47. The van der Waals surface area contributed by atoms with Crippen molar-refractivity contribution in [2.45, 2.75) is 75.6 Å². The number of hydrogen-bond acceptors (Lipinski definition) is 7. The van der Waals surface area contributed by atoms with Crippen molar-refractivity contribution in [3.05, 3.63) is 35.9 Å². The summed E-state index contributed by atoms with van der Waals surface area (Å²) in [4.78, 5) is 39.6. The van der Waals surface area contributed by atoms with Crippen LogP contribution < -0.4 is 5.32 Å². The summed E-state index contributed by atoms with van der Waals surface area (Å²) in [5, 5.41) is 13.1. The number of hydrogen-bond donors (Lipinski definition) is 2. The lowest BCUT2D eigenvalue weighted by Gasteiger charge is -2.45. The van der Waals surface area contributed by atoms with E-state index in [0.717, 1.165) is 23.5 Å². The molecule has 0 bridgehead atoms. The topological polar surface area (TPSA) is 95.9 Å². The first-order valence-corrected chi connectivity index (χ1v) is 14.0. The second-order valence-electron chi connectivity index (χ2n) is 8.33. The van der Waals surface area contributed by atoms with Crippen LogP contribution in [0.15, 0.2) is 30.3 Å². The molecule has 1 aliphatic rings. The van der Waals surface area contributed by atoms with Crippen LogP contribution >= 0.6 is 23.5 Å². The van der Waals surface area contributed by atoms with Crippen molar-refractivity contribution in [3.63, 3.8) is 0 Å². The molecule has 0 aromatic heterocycles. The Morgan fingerprint density at radius 2 is 1.82 bits per heavy atom. The number of ether oxygens (including phenoxy) is 1. The minimum Gasteiger partial charge on any atom is -0.480 e. The average molecular weight is 511 g/mol. The van der Waals surface area contributed by atoms with E-state index in [9.17, 15) is 19.5 Å². The first kappa shape index (κ1) is 28.5. The van der Waals surface area contributed by atoms with Gasteiger partial charge in [0, 0.05) is 13.0 Å². The number of rotatable bonds is 13. The van der Waals surface area contributed by atoms with Crippen molar-refractivity contribution >= 4 is 41.4 Å². The molecular formula is C25H38N2O5S2. The zero-order chi connectivity index (χ0) is 25.1. The normalized spacial score (nSPS) is 19.3. The van der Waals surface area contributed by atoms with Crippen LogP contribution in [0.3, 0.4) is 0 Å². The van der Waals surface area contributed by atoms with Gasteiger partial charge in [-0.2, -0.15) is 0 Å². The minimum absolute atomic E-state index is 0.191. The van der Waals surface area contributed by atoms with E-state index in [0.29, 0.717) is 25.8 Å². The molecule has 190 valence electrons. The second kappa shape index (κ2) is 14.0. The summed E-state index contributed by atoms with van der Waals surface area (Å²) in [6.45, 7) is 8.24. The molecule has 1 fully saturated rings. The third kappa shape index (κ3) is 7.92. The van der Waals surface area contributed by atoms with Gasteiger partial charge in [0.25, 0.3) is 0 Å². The fraction of sp³-hybridized carbons (Fsp3) is 0.640. The summed E-state index contributed by atoms with van der Waals surface area (Å²) in [6.07, 6.45) is 2.28. The summed E-state index contributed by atoms with van der Waals surface area (Å²) in [5.74, 6) is 0.119. The third-order valence-corrected chi connectivity index (χ3v) is 9.03. The molecule has 34 heavy (non-hydrogen) atoms. The predicted octanol–water partition coefficient (Wildman–Crippen LogP) is 3.81. The molecule has 1 aromatic carbocycles. The molecule has 1 amide bonds. The number of aliphatic carboxylic acids is 1. The number of aryl methyl sites for hydroxylation is 1. The molecule has 7 nitrogen and oxygen atoms in total. The molecule has 0 spiro atoms. The highest BCUT2D eigenvalue weighted by molar-refractivity contribution is 8.18. The van der Waals surface area contributed by atoms with Crippen molar-refractivity contribution in [2.75, 3.05) is 24.7 Å². The number of piperidine rings is 1. The Morgan fingerprint density at radius 1 is 1.18 bits per heavy atom. The van der Waals surface area contributed by atoms with Gasteiger partial charge in [-0.05, 0) is 50.2 Å². The molecule has 1 saturated heterocycles. The summed E-state index contributed by atoms with van der Waals surface area (Å²) in [7, 11) is 0. The van der Waals surface area contributed by atoms with E-state index in [2.05, 4.69) is 19.2 Å². The van der Waals surface area contributed by atoms with Gasteiger partial charge in [0.05, 0.1) is 16.7 Å². The molecule has 9 heteroatoms. The van der Waals surface area contributed by atoms with Gasteiger partial charge < -0.3 is 14.7 Å². The molecule has 1 aliphatic heterocycles. The Labute approximate surface area is 211 Å². The first-order valence-electron chi connectivity index (χ1n) is 12.0. The Hall–Kier alpha value is -1.71. The quantitative estimate of drug-likeness (QED) is 0.306. The SMILES string of the molecule is CCOC(=O)C(CCc1ccccc1)N[C@@H](C)C(=O)N1CCC(SCC)(SCC)C[C@H]1C(=O)O. The van der Waals surface area contributed by atoms with Crippen LogP contribution in [-0.2, 0) is 25.5 Å². The maximum absolute atomic E-state index is 13.4. The smallest absolute Gasteiger partial charge is 0.326 e. The van der Waals surface area contributed by atoms with Gasteiger partial charge in [0.15, 0.2) is 0 Å². The van der Waals surface area contributed by atoms with Crippen LogP contribution in [0.25, 0.3) is 0 Å². The van der Waals surface area contributed by atoms with E-state index in [4.69, 9.17) is 4.74 Å². The number of carboxylic acid groups (broad SMARTS) is 1. The van der Waals surface area contributed by atoms with Gasteiger partial charge in [0.2, 0.25) is 5.91 Å². The number of amides is 1. The fourth-order valence-corrected chi connectivity index (χ4v) is 7.47. The van der Waals surface area contributed by atoms with Crippen LogP contribution in [0.2, 0.25) is 0 Å². The van der Waals surface area contributed by atoms with Crippen molar-refractivity contribution < 1.29 is 24.2 Å². The number of benzene rings is 1. The van der Waals surface area contributed by atoms with Crippen LogP contribution in [0.4, 0.5) is 0 Å². The van der Waals surface area contributed by atoms with Crippen LogP contribution in [-0.4, -0.2) is 74.7 Å². The van der Waals surface area contributed by atoms with E-state index in [1.165, 1.54) is 4.90 Å². The molecular weight excluding hydrogens is 472 g/mol. The minimum atomic E-state index is -0.982. The molecule has 0 aliphatic carbocycles. The molecule has 1 heterocycles. The van der Waals surface area contributed by atoms with Gasteiger partial charge in [0.1, 0.15) is 12.1 Å². The molecule has 1 unspecified atom stereocenters. The zero-order valence-electron chi connectivity index (χ0n) is 20.6. The number of likely N-dealkylation sites (tertiary alicyclic amines) is 1. The van der Waals surface area contributed by atoms with Crippen molar-refractivity contribution in [2.24, 2.45) is 0 Å². The predicted molar refractivity (Wildman–Crippen MR) is 139 cm³/mol. The van der Waals surface area contributed by atoms with Crippen LogP contribution in [0, 0.1) is 0 Å². The van der Waals surface area contributed by atoms with Crippen molar-refractivity contribution in [3.8, 4) is 0 Å². The molecule has 2 N–H and O–H groups in total. The Bertz CT molecular complexity index is 802. The van der Waals surface area contributed by atoms with Gasteiger partial charge in [-0.1, -0.05) is 44.2 Å². The summed E-state index contributed by atoms with van der Waals surface area (Å²) < 4.78 is 5.04. The van der Waals surface area contributed by atoms with E-state index < -0.39 is 30.1 Å². The lowest BCUT2D eigenvalue weighted by atomic mass is 9.99. The number of esters is 1. The summed E-state index contributed by atoms with van der Waals surface area (Å²) in [6, 6.07) is 7.58. The molecule has 0 saturated carbocycles. The van der Waals surface area contributed by atoms with E-state index in [1.54, 1.807) is 37.4 Å². The second-order valence-corrected chi connectivity index (χ2v) is 11.9. The monoisotopic (exact) mass is 510 g/mol. The standard InChI is InChI=1S/C25H38N2O5S2/c1-5-32-24(31)20(14-13-19-11-9-8-10-12-19)26-18(4)22(28)27-16-15-25(33-6-2,34-7-3)17-21(27)23(29)30/h8-12,18,20-21,26H,5-7,13-17H2,1-4H3,(H,29,30)/t18-,20?,21-/m0/s1. The largest absolute Gasteiger partial charge is 0.480 e. The fourth-order valence-electron chi connectivity index (χ4n) is 4.36. The van der Waals surface area contributed by atoms with Gasteiger partial charge in [-0.25, -0.2) is 4.79 Å². The Morgan fingerprint density at radius 3 is 2.38 bits per heavy atom. The number of carbonyl (C=O) groups is 3. The average Bonchev–Trinajstić information content (AvgIpc) is 2.82. The van der Waals surface area contributed by atoms with Crippen molar-refractivity contribution in [1.29, 1.82) is 0 Å². The summed E-state index contributed by atoms with van der Waals surface area (Å²) >= 11 is 3.55. The number of thioether (sulfide) groups is 2. The number of carboxylic acids is 1. The molecule has 1 aromatic rings. The third-order valence-electron chi connectivity index (χ3n) is 5.95. The maximum Gasteiger partial charge on any atom is 0.326 e. The van der Waals surface area contributed by atoms with E-state index in [-0.39, 0.29) is 16.6 Å². The highest BCUT2D eigenvalue weighted by Gasteiger charge is 2.45. The first-order chi connectivity index (χ1) is 16.3. The van der Waals surface area contributed by atoms with Crippen molar-refractivity contribution in [1.82, 2.24) is 10.2 Å². The van der Waals surface area contributed by atoms with E-state index >= 15 is 0 Å². The lowest BCUT2D eigenvalue weighted by Crippen LogP contribution is -2.59. The number of nitrogens with one attached hydrogen (secondary N) is 1. The summed E-state index contributed by atoms with van der Waals surface area (Å²) in [5.41, 5.74) is 1.10. The van der Waals surface area contributed by atoms with Crippen LogP contribution in [0.5, 0.6) is 0 Å². The van der Waals surface area contributed by atoms with Crippen LogP contribution in [0.1, 0.15) is 52.5 Å². The Balaban J connectivity index is 2.11. The Kier molecular flexibility index (Phi) is 11.7. The highest BCUT2D eigenvalue weighted by atomic mass is 32.2. The van der Waals surface area contributed by atoms with E-state index in [1.807, 2.05) is 30.3 Å². The molecule has 0 radical (unpaired) electrons. The zero-order valence-corrected chi connectivity index (χ0v) is 22.3. The maximum atomic E-state index is 13.4. The number of carbonyl (C=O) groups excluding carboxylic acids is 2.